The summed E-state index contributed by atoms with van der Waals surface area (Å²) in [5, 5.41) is 6.21. The van der Waals surface area contributed by atoms with Crippen molar-refractivity contribution in [2.45, 2.75) is 4.90 Å². The molecular formula is C8H8N4OS. The van der Waals surface area contributed by atoms with Crippen molar-refractivity contribution in [3.05, 3.63) is 36.7 Å². The van der Waals surface area contributed by atoms with E-state index in [4.69, 9.17) is 0 Å². The van der Waals surface area contributed by atoms with Crippen molar-refractivity contribution in [2.75, 3.05) is 4.72 Å². The van der Waals surface area contributed by atoms with Crippen LogP contribution in [-0.2, 0) is 11.0 Å². The molecule has 5 nitrogen and oxygen atoms in total. The van der Waals surface area contributed by atoms with Gasteiger partial charge in [0.15, 0.2) is 11.0 Å². The average Bonchev–Trinajstić information content (AvgIpc) is 2.72. The smallest absolute Gasteiger partial charge is 0.230 e. The Bertz CT molecular complexity index is 414. The summed E-state index contributed by atoms with van der Waals surface area (Å²) in [5.74, 6) is 0.396. The third-order valence-corrected chi connectivity index (χ3v) is 2.64. The molecule has 0 fully saturated rings. The van der Waals surface area contributed by atoms with Crippen molar-refractivity contribution in [3.8, 4) is 0 Å². The molecule has 0 saturated carbocycles. The van der Waals surface area contributed by atoms with Gasteiger partial charge in [-0.3, -0.25) is 4.72 Å². The molecule has 0 aliphatic rings. The van der Waals surface area contributed by atoms with Crippen molar-refractivity contribution in [3.63, 3.8) is 0 Å². The van der Waals surface area contributed by atoms with Gasteiger partial charge in [0, 0.05) is 0 Å². The second-order valence-corrected chi connectivity index (χ2v) is 3.73. The van der Waals surface area contributed by atoms with Crippen molar-refractivity contribution < 1.29 is 4.21 Å². The zero-order chi connectivity index (χ0) is 9.80. The molecular weight excluding hydrogens is 200 g/mol. The second-order valence-electron chi connectivity index (χ2n) is 2.52. The number of benzene rings is 1. The minimum absolute atomic E-state index is 0.396. The van der Waals surface area contributed by atoms with Crippen LogP contribution in [0.1, 0.15) is 0 Å². The van der Waals surface area contributed by atoms with Crippen molar-refractivity contribution in [1.82, 2.24) is 15.2 Å². The van der Waals surface area contributed by atoms with Gasteiger partial charge in [-0.25, -0.2) is 9.31 Å². The lowest BCUT2D eigenvalue weighted by Crippen LogP contribution is -2.05. The first-order valence-electron chi connectivity index (χ1n) is 3.95. The van der Waals surface area contributed by atoms with E-state index in [0.29, 0.717) is 10.8 Å². The number of hydrogen-bond donors (Lipinski definition) is 2. The molecule has 14 heavy (non-hydrogen) atoms. The quantitative estimate of drug-likeness (QED) is 0.788. The number of aromatic amines is 1. The first-order chi connectivity index (χ1) is 6.86. The number of aromatic nitrogens is 3. The number of rotatable bonds is 3. The SMILES string of the molecule is O=S(Nc1ncn[nH]1)c1ccccc1. The lowest BCUT2D eigenvalue weighted by molar-refractivity contribution is 0.686. The van der Waals surface area contributed by atoms with Crippen LogP contribution in [0.2, 0.25) is 0 Å². The highest BCUT2D eigenvalue weighted by atomic mass is 32.2. The Kier molecular flexibility index (Phi) is 2.55. The van der Waals surface area contributed by atoms with Crippen LogP contribution in [0.25, 0.3) is 0 Å². The van der Waals surface area contributed by atoms with Crippen LogP contribution in [0.3, 0.4) is 0 Å². The maximum Gasteiger partial charge on any atom is 0.230 e. The van der Waals surface area contributed by atoms with Gasteiger partial charge >= 0.3 is 0 Å². The summed E-state index contributed by atoms with van der Waals surface area (Å²) in [4.78, 5) is 4.51. The van der Waals surface area contributed by atoms with Crippen LogP contribution in [0, 0.1) is 0 Å². The summed E-state index contributed by atoms with van der Waals surface area (Å²) in [6.07, 6.45) is 1.35. The maximum absolute atomic E-state index is 11.6. The number of anilines is 1. The fourth-order valence-corrected chi connectivity index (χ4v) is 1.74. The van der Waals surface area contributed by atoms with E-state index in [1.165, 1.54) is 6.33 Å². The number of H-pyrrole nitrogens is 1. The van der Waals surface area contributed by atoms with Gasteiger partial charge in [0.1, 0.15) is 6.33 Å². The molecule has 1 unspecified atom stereocenters. The van der Waals surface area contributed by atoms with E-state index in [1.54, 1.807) is 12.1 Å². The molecule has 0 bridgehead atoms. The molecule has 1 aromatic carbocycles. The van der Waals surface area contributed by atoms with Crippen molar-refractivity contribution in [2.24, 2.45) is 0 Å². The molecule has 72 valence electrons. The lowest BCUT2D eigenvalue weighted by atomic mass is 10.4. The first-order valence-corrected chi connectivity index (χ1v) is 5.10. The first kappa shape index (κ1) is 8.89. The van der Waals surface area contributed by atoms with Crippen molar-refractivity contribution >= 4 is 16.9 Å². The molecule has 2 N–H and O–H groups in total. The minimum Gasteiger partial charge on any atom is -0.270 e. The molecule has 0 saturated heterocycles. The van der Waals surface area contributed by atoms with Crippen LogP contribution < -0.4 is 4.72 Å². The fraction of sp³-hybridized carbons (Fsp3) is 0. The zero-order valence-corrected chi connectivity index (χ0v) is 7.99. The van der Waals surface area contributed by atoms with Gasteiger partial charge in [-0.15, -0.1) is 0 Å². The molecule has 1 heterocycles. The van der Waals surface area contributed by atoms with Crippen molar-refractivity contribution in [1.29, 1.82) is 0 Å². The van der Waals surface area contributed by atoms with Gasteiger partial charge in [-0.1, -0.05) is 18.2 Å². The molecule has 1 aromatic heterocycles. The minimum atomic E-state index is -1.30. The van der Waals surface area contributed by atoms with Gasteiger partial charge < -0.3 is 0 Å². The monoisotopic (exact) mass is 208 g/mol. The number of nitrogens with zero attached hydrogens (tertiary/aromatic N) is 2. The lowest BCUT2D eigenvalue weighted by Gasteiger charge is -2.00. The summed E-state index contributed by atoms with van der Waals surface area (Å²) in [6.45, 7) is 0. The van der Waals surface area contributed by atoms with E-state index in [0.717, 1.165) is 0 Å². The Balaban J connectivity index is 2.11. The van der Waals surface area contributed by atoms with Gasteiger partial charge in [0.25, 0.3) is 0 Å². The zero-order valence-electron chi connectivity index (χ0n) is 7.18. The standard InChI is InChI=1S/C8H8N4OS/c13-14(7-4-2-1-3-5-7)12-8-9-6-10-11-8/h1-6H,(H2,9,10,11,12). The van der Waals surface area contributed by atoms with E-state index >= 15 is 0 Å². The highest BCUT2D eigenvalue weighted by Crippen LogP contribution is 2.06. The molecule has 2 rings (SSSR count). The third kappa shape index (κ3) is 1.97. The summed E-state index contributed by atoms with van der Waals surface area (Å²) in [5.41, 5.74) is 0. The number of hydrogen-bond acceptors (Lipinski definition) is 3. The summed E-state index contributed by atoms with van der Waals surface area (Å²) < 4.78 is 14.3. The Labute approximate surface area is 83.2 Å². The highest BCUT2D eigenvalue weighted by molar-refractivity contribution is 7.86. The van der Waals surface area contributed by atoms with E-state index in [-0.39, 0.29) is 0 Å². The van der Waals surface area contributed by atoms with Crippen LogP contribution in [-0.4, -0.2) is 19.4 Å². The maximum atomic E-state index is 11.6. The molecule has 6 heteroatoms. The topological polar surface area (TPSA) is 70.7 Å². The summed E-state index contributed by atoms with van der Waals surface area (Å²) in [7, 11) is -1.30. The second kappa shape index (κ2) is 4.01. The predicted octanol–water partition coefficient (Wildman–Crippen LogP) is 0.939. The Morgan fingerprint density at radius 2 is 2.07 bits per heavy atom. The van der Waals surface area contributed by atoms with Gasteiger partial charge in [0.05, 0.1) is 4.90 Å². The molecule has 0 radical (unpaired) electrons. The Morgan fingerprint density at radius 3 is 2.71 bits per heavy atom. The summed E-state index contributed by atoms with van der Waals surface area (Å²) in [6, 6.07) is 9.08. The molecule has 1 atom stereocenters. The summed E-state index contributed by atoms with van der Waals surface area (Å²) >= 11 is 0. The molecule has 0 amide bonds. The van der Waals surface area contributed by atoms with Crippen LogP contribution >= 0.6 is 0 Å². The average molecular weight is 208 g/mol. The molecule has 0 spiro atoms. The fourth-order valence-electron chi connectivity index (χ4n) is 0.945. The largest absolute Gasteiger partial charge is 0.270 e. The molecule has 0 aliphatic heterocycles. The van der Waals surface area contributed by atoms with Gasteiger partial charge in [-0.2, -0.15) is 10.1 Å². The van der Waals surface area contributed by atoms with E-state index in [2.05, 4.69) is 19.9 Å². The Morgan fingerprint density at radius 1 is 1.29 bits per heavy atom. The highest BCUT2D eigenvalue weighted by Gasteiger charge is 2.03. The third-order valence-electron chi connectivity index (χ3n) is 1.56. The normalized spacial score (nSPS) is 12.3. The molecule has 0 aliphatic carbocycles. The van der Waals surface area contributed by atoms with Gasteiger partial charge in [-0.05, 0) is 12.1 Å². The van der Waals surface area contributed by atoms with E-state index < -0.39 is 11.0 Å². The van der Waals surface area contributed by atoms with Gasteiger partial charge in [0.2, 0.25) is 5.95 Å². The predicted molar refractivity (Wildman–Crippen MR) is 52.9 cm³/mol. The van der Waals surface area contributed by atoms with E-state index in [9.17, 15) is 4.21 Å². The Hall–Kier alpha value is -1.69. The van der Waals surface area contributed by atoms with E-state index in [1.807, 2.05) is 18.2 Å². The van der Waals surface area contributed by atoms with Crippen LogP contribution in [0.5, 0.6) is 0 Å². The number of nitrogens with one attached hydrogen (secondary N) is 2. The molecule has 2 aromatic rings. The van der Waals surface area contributed by atoms with Crippen LogP contribution in [0.4, 0.5) is 5.95 Å². The van der Waals surface area contributed by atoms with Crippen LogP contribution in [0.15, 0.2) is 41.6 Å².